The highest BCUT2D eigenvalue weighted by Gasteiger charge is 2.45. The molecule has 2 aliphatic rings. The van der Waals surface area contributed by atoms with E-state index in [4.69, 9.17) is 4.74 Å². The number of halogens is 1. The highest BCUT2D eigenvalue weighted by molar-refractivity contribution is 5.49. The molecule has 4 rings (SSSR count). The molecule has 1 aliphatic heterocycles. The minimum absolute atomic E-state index is 0.0897. The Morgan fingerprint density at radius 3 is 2.70 bits per heavy atom. The maximum absolute atomic E-state index is 14.5. The van der Waals surface area contributed by atoms with E-state index in [1.807, 2.05) is 18.2 Å². The van der Waals surface area contributed by atoms with E-state index >= 15 is 0 Å². The van der Waals surface area contributed by atoms with Crippen molar-refractivity contribution in [3.05, 3.63) is 65.0 Å². The van der Waals surface area contributed by atoms with E-state index in [9.17, 15) is 4.39 Å². The standard InChI is InChI=1S/C20H22FNO/c1-22-11-5-7-16-19(15-6-3-4-8-18(15)21)14-10-9-13(23-2)12-17(14)20(16)22/h3-4,6,8-10,12,16,19-20H,5,7,11H2,1-2H3. The van der Waals surface area contributed by atoms with Gasteiger partial charge in [0.05, 0.1) is 7.11 Å². The molecule has 2 aromatic rings. The second-order valence-corrected chi connectivity index (χ2v) is 6.73. The van der Waals surface area contributed by atoms with Crippen molar-refractivity contribution in [2.75, 3.05) is 20.7 Å². The van der Waals surface area contributed by atoms with Crippen LogP contribution in [0.3, 0.4) is 0 Å². The number of fused-ring (bicyclic) bond motifs is 3. The zero-order chi connectivity index (χ0) is 16.0. The molecule has 120 valence electrons. The van der Waals surface area contributed by atoms with Crippen molar-refractivity contribution in [3.8, 4) is 5.75 Å². The molecule has 0 aromatic heterocycles. The maximum atomic E-state index is 14.5. The van der Waals surface area contributed by atoms with E-state index in [1.54, 1.807) is 19.2 Å². The van der Waals surface area contributed by atoms with Crippen molar-refractivity contribution in [2.45, 2.75) is 24.8 Å². The van der Waals surface area contributed by atoms with Crippen LogP contribution in [0.5, 0.6) is 5.75 Å². The Balaban J connectivity index is 1.89. The SMILES string of the molecule is COc1ccc2c(c1)C1C(CCCN1C)C2c1ccccc1F. The van der Waals surface area contributed by atoms with Crippen LogP contribution in [0, 0.1) is 11.7 Å². The summed E-state index contributed by atoms with van der Waals surface area (Å²) in [6, 6.07) is 13.9. The molecule has 0 N–H and O–H groups in total. The van der Waals surface area contributed by atoms with Crippen molar-refractivity contribution in [2.24, 2.45) is 5.92 Å². The number of piperidine rings is 1. The first-order valence-corrected chi connectivity index (χ1v) is 8.33. The minimum atomic E-state index is -0.0897. The molecular formula is C20H22FNO. The molecule has 0 spiro atoms. The summed E-state index contributed by atoms with van der Waals surface area (Å²) in [4.78, 5) is 2.42. The Morgan fingerprint density at radius 2 is 1.91 bits per heavy atom. The fourth-order valence-corrected chi connectivity index (χ4v) is 4.59. The fourth-order valence-electron chi connectivity index (χ4n) is 4.59. The van der Waals surface area contributed by atoms with Gasteiger partial charge in [0.25, 0.3) is 0 Å². The normalized spacial score (nSPS) is 26.7. The van der Waals surface area contributed by atoms with Gasteiger partial charge in [-0.3, -0.25) is 4.90 Å². The van der Waals surface area contributed by atoms with Gasteiger partial charge in [-0.05, 0) is 67.2 Å². The Kier molecular flexibility index (Phi) is 3.61. The van der Waals surface area contributed by atoms with Gasteiger partial charge in [0.15, 0.2) is 0 Å². The Morgan fingerprint density at radius 1 is 1.09 bits per heavy atom. The van der Waals surface area contributed by atoms with Gasteiger partial charge < -0.3 is 4.74 Å². The third-order valence-corrected chi connectivity index (χ3v) is 5.54. The quantitative estimate of drug-likeness (QED) is 0.817. The summed E-state index contributed by atoms with van der Waals surface area (Å²) in [6.45, 7) is 1.10. The first-order chi connectivity index (χ1) is 11.2. The molecule has 3 unspecified atom stereocenters. The number of ether oxygens (including phenoxy) is 1. The molecule has 2 aromatic carbocycles. The molecule has 0 bridgehead atoms. The number of hydrogen-bond acceptors (Lipinski definition) is 2. The molecule has 1 heterocycles. The first kappa shape index (κ1) is 14.7. The van der Waals surface area contributed by atoms with E-state index < -0.39 is 0 Å². The van der Waals surface area contributed by atoms with E-state index in [-0.39, 0.29) is 11.7 Å². The largest absolute Gasteiger partial charge is 0.497 e. The number of rotatable bonds is 2. The van der Waals surface area contributed by atoms with Crippen LogP contribution in [0.15, 0.2) is 42.5 Å². The summed E-state index contributed by atoms with van der Waals surface area (Å²) >= 11 is 0. The number of nitrogens with zero attached hydrogens (tertiary/aromatic N) is 1. The molecule has 1 fully saturated rings. The summed E-state index contributed by atoms with van der Waals surface area (Å²) in [5.41, 5.74) is 3.41. The zero-order valence-corrected chi connectivity index (χ0v) is 13.6. The van der Waals surface area contributed by atoms with Crippen LogP contribution in [-0.4, -0.2) is 25.6 Å². The smallest absolute Gasteiger partial charge is 0.127 e. The fraction of sp³-hybridized carbons (Fsp3) is 0.400. The second kappa shape index (κ2) is 5.64. The summed E-state index contributed by atoms with van der Waals surface area (Å²) in [7, 11) is 3.89. The molecule has 3 heteroatoms. The number of likely N-dealkylation sites (tertiary alicyclic amines) is 1. The number of methoxy groups -OCH3 is 1. The van der Waals surface area contributed by atoms with Gasteiger partial charge in [-0.1, -0.05) is 24.3 Å². The molecule has 0 radical (unpaired) electrons. The van der Waals surface area contributed by atoms with Gasteiger partial charge >= 0.3 is 0 Å². The lowest BCUT2D eigenvalue weighted by atomic mass is 9.80. The lowest BCUT2D eigenvalue weighted by molar-refractivity contribution is 0.126. The van der Waals surface area contributed by atoms with Crippen molar-refractivity contribution >= 4 is 0 Å². The van der Waals surface area contributed by atoms with Crippen molar-refractivity contribution in [3.63, 3.8) is 0 Å². The van der Waals surface area contributed by atoms with Crippen molar-refractivity contribution in [1.29, 1.82) is 0 Å². The molecule has 3 atom stereocenters. The summed E-state index contributed by atoms with van der Waals surface area (Å²) in [5, 5.41) is 0. The van der Waals surface area contributed by atoms with Crippen LogP contribution in [0.2, 0.25) is 0 Å². The summed E-state index contributed by atoms with van der Waals surface area (Å²) in [5.74, 6) is 1.38. The Hall–Kier alpha value is -1.87. The van der Waals surface area contributed by atoms with Gasteiger partial charge in [-0.2, -0.15) is 0 Å². The number of benzene rings is 2. The molecule has 0 amide bonds. The topological polar surface area (TPSA) is 12.5 Å². The summed E-state index contributed by atoms with van der Waals surface area (Å²) < 4.78 is 19.9. The van der Waals surface area contributed by atoms with Gasteiger partial charge in [-0.25, -0.2) is 4.39 Å². The second-order valence-electron chi connectivity index (χ2n) is 6.73. The van der Waals surface area contributed by atoms with Crippen LogP contribution < -0.4 is 4.74 Å². The highest BCUT2D eigenvalue weighted by Crippen LogP contribution is 2.55. The van der Waals surface area contributed by atoms with Crippen LogP contribution in [0.4, 0.5) is 4.39 Å². The van der Waals surface area contributed by atoms with Gasteiger partial charge in [0.1, 0.15) is 11.6 Å². The van der Waals surface area contributed by atoms with E-state index in [1.165, 1.54) is 17.5 Å². The third-order valence-electron chi connectivity index (χ3n) is 5.54. The zero-order valence-electron chi connectivity index (χ0n) is 13.6. The predicted molar refractivity (Wildman–Crippen MR) is 89.3 cm³/mol. The Bertz CT molecular complexity index is 729. The van der Waals surface area contributed by atoms with Crippen LogP contribution in [-0.2, 0) is 0 Å². The van der Waals surface area contributed by atoms with Gasteiger partial charge in [0.2, 0.25) is 0 Å². The molecule has 23 heavy (non-hydrogen) atoms. The van der Waals surface area contributed by atoms with E-state index in [2.05, 4.69) is 24.1 Å². The molecule has 1 saturated heterocycles. The predicted octanol–water partition coefficient (Wildman–Crippen LogP) is 4.36. The monoisotopic (exact) mass is 311 g/mol. The molecular weight excluding hydrogens is 289 g/mol. The van der Waals surface area contributed by atoms with Crippen molar-refractivity contribution < 1.29 is 9.13 Å². The minimum Gasteiger partial charge on any atom is -0.497 e. The maximum Gasteiger partial charge on any atom is 0.127 e. The van der Waals surface area contributed by atoms with Gasteiger partial charge in [-0.15, -0.1) is 0 Å². The average molecular weight is 311 g/mol. The van der Waals surface area contributed by atoms with Crippen LogP contribution in [0.25, 0.3) is 0 Å². The first-order valence-electron chi connectivity index (χ1n) is 8.33. The lowest BCUT2D eigenvalue weighted by Gasteiger charge is -2.37. The van der Waals surface area contributed by atoms with E-state index in [0.29, 0.717) is 12.0 Å². The van der Waals surface area contributed by atoms with Crippen molar-refractivity contribution in [1.82, 2.24) is 4.90 Å². The summed E-state index contributed by atoms with van der Waals surface area (Å²) in [6.07, 6.45) is 2.32. The molecule has 2 nitrogen and oxygen atoms in total. The van der Waals surface area contributed by atoms with Gasteiger partial charge in [0, 0.05) is 12.0 Å². The third kappa shape index (κ3) is 2.26. The van der Waals surface area contributed by atoms with Crippen LogP contribution >= 0.6 is 0 Å². The van der Waals surface area contributed by atoms with E-state index in [0.717, 1.165) is 24.3 Å². The number of hydrogen-bond donors (Lipinski definition) is 0. The highest BCUT2D eigenvalue weighted by atomic mass is 19.1. The molecule has 1 aliphatic carbocycles. The Labute approximate surface area is 136 Å². The molecule has 0 saturated carbocycles. The lowest BCUT2D eigenvalue weighted by Crippen LogP contribution is -2.35. The average Bonchev–Trinajstić information content (AvgIpc) is 2.90. The van der Waals surface area contributed by atoms with Crippen LogP contribution in [0.1, 0.15) is 41.5 Å².